The lowest BCUT2D eigenvalue weighted by atomic mass is 9.74. The quantitative estimate of drug-likeness (QED) is 0.162. The van der Waals surface area contributed by atoms with Crippen LogP contribution in [0.2, 0.25) is 0 Å². The van der Waals surface area contributed by atoms with Crippen molar-refractivity contribution >= 4 is 17.1 Å². The van der Waals surface area contributed by atoms with Gasteiger partial charge in [0.15, 0.2) is 0 Å². The molecule has 1 atom stereocenters. The molecule has 0 aliphatic heterocycles. The van der Waals surface area contributed by atoms with Crippen LogP contribution in [0.5, 0.6) is 0 Å². The average Bonchev–Trinajstić information content (AvgIpc) is 3.83. The second-order valence-corrected chi connectivity index (χ2v) is 19.0. The Morgan fingerprint density at radius 1 is 0.302 bits per heavy atom. The fourth-order valence-electron chi connectivity index (χ4n) is 11.7. The Bertz CT molecular complexity index is 3290. The highest BCUT2D eigenvalue weighted by Crippen LogP contribution is 2.57. The Morgan fingerprint density at radius 2 is 0.810 bits per heavy atom. The molecule has 1 heteroatoms. The first-order valence-electron chi connectivity index (χ1n) is 22.4. The molecule has 0 bridgehead atoms. The Kier molecular flexibility index (Phi) is 8.13. The van der Waals surface area contributed by atoms with Crippen molar-refractivity contribution in [3.63, 3.8) is 0 Å². The van der Waals surface area contributed by atoms with Crippen LogP contribution < -0.4 is 4.90 Å². The van der Waals surface area contributed by atoms with Crippen molar-refractivity contribution in [2.75, 3.05) is 4.90 Å². The number of hydrogen-bond acceptors (Lipinski definition) is 1. The van der Waals surface area contributed by atoms with Crippen molar-refractivity contribution in [2.24, 2.45) is 0 Å². The molecule has 1 unspecified atom stereocenters. The van der Waals surface area contributed by atoms with Gasteiger partial charge in [-0.05, 0) is 132 Å². The van der Waals surface area contributed by atoms with Gasteiger partial charge in [0.2, 0.25) is 0 Å². The second-order valence-electron chi connectivity index (χ2n) is 19.0. The third-order valence-corrected chi connectivity index (χ3v) is 15.0. The summed E-state index contributed by atoms with van der Waals surface area (Å²) >= 11 is 0. The summed E-state index contributed by atoms with van der Waals surface area (Å²) in [6, 6.07) is 77.4. The highest BCUT2D eigenvalue weighted by atomic mass is 15.1. The third kappa shape index (κ3) is 5.36. The predicted octanol–water partition coefficient (Wildman–Crippen LogP) is 16.4. The number of nitrogens with zero attached hydrogens (tertiary/aromatic N) is 1. The van der Waals surface area contributed by atoms with Gasteiger partial charge in [-0.2, -0.15) is 0 Å². The largest absolute Gasteiger partial charge is 0.310 e. The van der Waals surface area contributed by atoms with Gasteiger partial charge in [0.1, 0.15) is 0 Å². The molecule has 0 heterocycles. The van der Waals surface area contributed by atoms with Gasteiger partial charge in [-0.15, -0.1) is 0 Å². The molecule has 9 aromatic carbocycles. The molecule has 0 N–H and O–H groups in total. The van der Waals surface area contributed by atoms with E-state index < -0.39 is 0 Å². The van der Waals surface area contributed by atoms with E-state index >= 15 is 0 Å². The SMILES string of the molecule is CC1(C)c2ccccc2-c2cc(-c3ccc(N(c4ccc5c(c4)C(C)(c4ccccc4)c4ccccc4-5)c4ccccc4-c4cccc5c4-c4ccccc4C5(C)C)cc3)ccc21. The third-order valence-electron chi connectivity index (χ3n) is 15.0. The maximum Gasteiger partial charge on any atom is 0.0540 e. The molecular weight excluding hydrogens is 759 g/mol. The van der Waals surface area contributed by atoms with Crippen molar-refractivity contribution in [1.82, 2.24) is 0 Å². The van der Waals surface area contributed by atoms with Gasteiger partial charge in [-0.1, -0.05) is 198 Å². The van der Waals surface area contributed by atoms with Gasteiger partial charge in [0.25, 0.3) is 0 Å². The summed E-state index contributed by atoms with van der Waals surface area (Å²) in [7, 11) is 0. The van der Waals surface area contributed by atoms with Gasteiger partial charge in [0, 0.05) is 33.2 Å². The monoisotopic (exact) mass is 807 g/mol. The van der Waals surface area contributed by atoms with Crippen LogP contribution in [0, 0.1) is 0 Å². The first kappa shape index (κ1) is 37.5. The van der Waals surface area contributed by atoms with Crippen LogP contribution in [0.15, 0.2) is 206 Å². The topological polar surface area (TPSA) is 3.24 Å². The normalized spacial score (nSPS) is 16.7. The summed E-state index contributed by atoms with van der Waals surface area (Å²) in [6.45, 7) is 11.8. The molecule has 0 amide bonds. The molecule has 63 heavy (non-hydrogen) atoms. The van der Waals surface area contributed by atoms with Crippen LogP contribution in [-0.4, -0.2) is 0 Å². The van der Waals surface area contributed by atoms with E-state index in [0.29, 0.717) is 0 Å². The Labute approximate surface area is 372 Å². The fraction of sp³-hybridized carbons (Fsp3) is 0.129. The Morgan fingerprint density at radius 3 is 1.56 bits per heavy atom. The zero-order chi connectivity index (χ0) is 42.7. The van der Waals surface area contributed by atoms with E-state index in [1.165, 1.54) is 94.6 Å². The minimum atomic E-state index is -0.325. The number of anilines is 3. The molecule has 0 fully saturated rings. The number of benzene rings is 9. The van der Waals surface area contributed by atoms with E-state index in [1.807, 2.05) is 0 Å². The lowest BCUT2D eigenvalue weighted by Crippen LogP contribution is -2.22. The van der Waals surface area contributed by atoms with Crippen molar-refractivity contribution in [3.8, 4) is 55.6 Å². The average molecular weight is 808 g/mol. The molecule has 12 rings (SSSR count). The van der Waals surface area contributed by atoms with E-state index in [1.54, 1.807) is 0 Å². The highest BCUT2D eigenvalue weighted by Gasteiger charge is 2.42. The lowest BCUT2D eigenvalue weighted by molar-refractivity contribution is 0.660. The van der Waals surface area contributed by atoms with Crippen molar-refractivity contribution in [1.29, 1.82) is 0 Å². The van der Waals surface area contributed by atoms with Gasteiger partial charge in [0.05, 0.1) is 5.69 Å². The molecule has 0 radical (unpaired) electrons. The molecule has 0 saturated carbocycles. The van der Waals surface area contributed by atoms with Gasteiger partial charge in [-0.3, -0.25) is 0 Å². The summed E-state index contributed by atoms with van der Waals surface area (Å²) in [5.74, 6) is 0. The van der Waals surface area contributed by atoms with Gasteiger partial charge >= 0.3 is 0 Å². The molecule has 1 nitrogen and oxygen atoms in total. The van der Waals surface area contributed by atoms with Crippen LogP contribution in [0.1, 0.15) is 73.6 Å². The standard InChI is InChI=1S/C62H49N/c1-60(2)52-25-13-9-21-46(52)51-38-41(32-37-54(51)60)40-30-33-43(34-31-40)63(44-35-36-47-45-20-10-15-27-55(45)62(5,57(47)39-44)42-18-7-6-8-19-42)58-29-16-12-22-48(58)49-24-17-28-56-59(49)50-23-11-14-26-53(50)61(56,3)4/h6-39H,1-5H3. The predicted molar refractivity (Wildman–Crippen MR) is 265 cm³/mol. The van der Waals surface area contributed by atoms with Crippen LogP contribution >= 0.6 is 0 Å². The van der Waals surface area contributed by atoms with Crippen LogP contribution in [0.3, 0.4) is 0 Å². The van der Waals surface area contributed by atoms with Crippen molar-refractivity contribution < 1.29 is 0 Å². The maximum atomic E-state index is 2.50. The molecule has 302 valence electrons. The zero-order valence-corrected chi connectivity index (χ0v) is 36.6. The maximum absolute atomic E-state index is 2.50. The summed E-state index contributed by atoms with van der Waals surface area (Å²) in [6.07, 6.45) is 0. The molecular formula is C62H49N. The lowest BCUT2D eigenvalue weighted by Gasteiger charge is -2.32. The number of hydrogen-bond donors (Lipinski definition) is 0. The second kappa shape index (κ2) is 13.6. The van der Waals surface area contributed by atoms with Crippen LogP contribution in [0.4, 0.5) is 17.1 Å². The molecule has 9 aromatic rings. The Hall–Kier alpha value is -7.22. The summed E-state index contributed by atoms with van der Waals surface area (Å²) in [5.41, 5.74) is 25.3. The molecule has 0 spiro atoms. The van der Waals surface area contributed by atoms with Gasteiger partial charge in [-0.25, -0.2) is 0 Å². The van der Waals surface area contributed by atoms with E-state index in [0.717, 1.165) is 17.1 Å². The Balaban J connectivity index is 1.05. The highest BCUT2D eigenvalue weighted by molar-refractivity contribution is 5.99. The van der Waals surface area contributed by atoms with Crippen molar-refractivity contribution in [3.05, 3.63) is 245 Å². The first-order valence-corrected chi connectivity index (χ1v) is 22.4. The minimum Gasteiger partial charge on any atom is -0.310 e. The molecule has 3 aliphatic carbocycles. The zero-order valence-electron chi connectivity index (χ0n) is 36.6. The smallest absolute Gasteiger partial charge is 0.0540 e. The molecule has 0 aromatic heterocycles. The molecule has 3 aliphatic rings. The summed E-state index contributed by atoms with van der Waals surface area (Å²) in [4.78, 5) is 2.50. The van der Waals surface area contributed by atoms with Crippen LogP contribution in [0.25, 0.3) is 55.6 Å². The summed E-state index contributed by atoms with van der Waals surface area (Å²) < 4.78 is 0. The van der Waals surface area contributed by atoms with Gasteiger partial charge < -0.3 is 4.90 Å². The minimum absolute atomic E-state index is 0.0211. The molecule has 0 saturated heterocycles. The summed E-state index contributed by atoms with van der Waals surface area (Å²) in [5, 5.41) is 0. The fourth-order valence-corrected chi connectivity index (χ4v) is 11.7. The van der Waals surface area contributed by atoms with Crippen molar-refractivity contribution in [2.45, 2.75) is 50.9 Å². The van der Waals surface area contributed by atoms with E-state index in [9.17, 15) is 0 Å². The van der Waals surface area contributed by atoms with E-state index in [2.05, 4.69) is 246 Å². The number of para-hydroxylation sites is 1. The number of fused-ring (bicyclic) bond motifs is 9. The van der Waals surface area contributed by atoms with E-state index in [4.69, 9.17) is 0 Å². The number of rotatable bonds is 6. The van der Waals surface area contributed by atoms with Crippen LogP contribution in [-0.2, 0) is 16.2 Å². The van der Waals surface area contributed by atoms with E-state index in [-0.39, 0.29) is 16.2 Å². The first-order chi connectivity index (χ1) is 30.7.